The van der Waals surface area contributed by atoms with Gasteiger partial charge in [-0.05, 0) is 42.7 Å². The minimum Gasteiger partial charge on any atom is -0.308 e. The number of thioether (sulfide) groups is 1. The molecule has 2 aromatic carbocycles. The van der Waals surface area contributed by atoms with E-state index in [1.807, 2.05) is 30.5 Å². The average Bonchev–Trinajstić information content (AvgIpc) is 2.37. The van der Waals surface area contributed by atoms with E-state index >= 15 is 0 Å². The molecule has 0 aliphatic rings. The first-order chi connectivity index (χ1) is 9.56. The molecule has 2 rings (SSSR count). The Morgan fingerprint density at radius 1 is 1.15 bits per heavy atom. The van der Waals surface area contributed by atoms with Gasteiger partial charge in [-0.2, -0.15) is 0 Å². The van der Waals surface area contributed by atoms with E-state index < -0.39 is 0 Å². The molecule has 6 heteroatoms. The van der Waals surface area contributed by atoms with Crippen molar-refractivity contribution in [3.05, 3.63) is 52.0 Å². The molecule has 0 saturated carbocycles. The second-order valence-electron chi connectivity index (χ2n) is 3.97. The van der Waals surface area contributed by atoms with Gasteiger partial charge in [-0.1, -0.05) is 33.6 Å². The number of urea groups is 1. The minimum atomic E-state index is -0.308. The summed E-state index contributed by atoms with van der Waals surface area (Å²) in [4.78, 5) is 13.0. The first kappa shape index (κ1) is 15.2. The Balaban J connectivity index is 2.04. The minimum absolute atomic E-state index is 0.308. The molecule has 0 fully saturated rings. The molecule has 2 amide bonds. The molecular weight excluding hydrogens is 360 g/mol. The first-order valence-electron chi connectivity index (χ1n) is 5.75. The Morgan fingerprint density at radius 3 is 2.60 bits per heavy atom. The second kappa shape index (κ2) is 7.02. The number of rotatable bonds is 3. The highest BCUT2D eigenvalue weighted by Gasteiger charge is 2.05. The van der Waals surface area contributed by atoms with Crippen LogP contribution in [0.15, 0.2) is 51.8 Å². The topological polar surface area (TPSA) is 41.1 Å². The summed E-state index contributed by atoms with van der Waals surface area (Å²) in [5, 5.41) is 6.08. The summed E-state index contributed by atoms with van der Waals surface area (Å²) in [6.45, 7) is 0. The lowest BCUT2D eigenvalue weighted by atomic mass is 10.3. The van der Waals surface area contributed by atoms with Gasteiger partial charge < -0.3 is 10.6 Å². The third kappa shape index (κ3) is 4.44. The third-order valence-electron chi connectivity index (χ3n) is 2.45. The van der Waals surface area contributed by atoms with Crippen LogP contribution in [-0.2, 0) is 0 Å². The molecular formula is C14H12BrClN2OS. The van der Waals surface area contributed by atoms with Gasteiger partial charge in [0.2, 0.25) is 0 Å². The molecule has 0 aromatic heterocycles. The molecule has 104 valence electrons. The summed E-state index contributed by atoms with van der Waals surface area (Å²) in [5.41, 5.74) is 1.37. The molecule has 0 aliphatic carbocycles. The largest absolute Gasteiger partial charge is 0.323 e. The van der Waals surface area contributed by atoms with Crippen LogP contribution in [0.1, 0.15) is 0 Å². The predicted molar refractivity (Wildman–Crippen MR) is 90.0 cm³/mol. The van der Waals surface area contributed by atoms with E-state index in [9.17, 15) is 4.79 Å². The molecule has 20 heavy (non-hydrogen) atoms. The fraction of sp³-hybridized carbons (Fsp3) is 0.0714. The monoisotopic (exact) mass is 370 g/mol. The Morgan fingerprint density at radius 2 is 1.90 bits per heavy atom. The lowest BCUT2D eigenvalue weighted by Gasteiger charge is -2.09. The van der Waals surface area contributed by atoms with Crippen LogP contribution in [0, 0.1) is 0 Å². The number of amides is 2. The van der Waals surface area contributed by atoms with Crippen molar-refractivity contribution in [2.75, 3.05) is 16.9 Å². The number of hydrogen-bond acceptors (Lipinski definition) is 2. The summed E-state index contributed by atoms with van der Waals surface area (Å²) in [6, 6.07) is 12.6. The molecule has 0 radical (unpaired) electrons. The molecule has 2 aromatic rings. The first-order valence-corrected chi connectivity index (χ1v) is 8.14. The SMILES string of the molecule is CSc1cccc(NC(=O)Nc2cc(Cl)cc(Br)c2)c1. The standard InChI is InChI=1S/C14H12BrClN2OS/c1-20-13-4-2-3-11(8-13)17-14(19)18-12-6-9(15)5-10(16)7-12/h2-8H,1H3,(H2,17,18,19). The van der Waals surface area contributed by atoms with Crippen molar-refractivity contribution < 1.29 is 4.79 Å². The Hall–Kier alpha value is -1.17. The summed E-state index contributed by atoms with van der Waals surface area (Å²) >= 11 is 10.9. The fourth-order valence-electron chi connectivity index (χ4n) is 1.62. The normalized spacial score (nSPS) is 10.2. The van der Waals surface area contributed by atoms with Crippen LogP contribution in [0.25, 0.3) is 0 Å². The van der Waals surface area contributed by atoms with Gasteiger partial charge in [0.15, 0.2) is 0 Å². The smallest absolute Gasteiger partial charge is 0.308 e. The van der Waals surface area contributed by atoms with Crippen molar-refractivity contribution in [1.29, 1.82) is 0 Å². The lowest BCUT2D eigenvalue weighted by molar-refractivity contribution is 0.262. The zero-order valence-corrected chi connectivity index (χ0v) is 13.8. The molecule has 0 atom stereocenters. The molecule has 0 heterocycles. The third-order valence-corrected chi connectivity index (χ3v) is 3.85. The summed E-state index contributed by atoms with van der Waals surface area (Å²) in [5.74, 6) is 0. The highest BCUT2D eigenvalue weighted by atomic mass is 79.9. The van der Waals surface area contributed by atoms with Gasteiger partial charge >= 0.3 is 6.03 Å². The maximum absolute atomic E-state index is 11.9. The summed E-state index contributed by atoms with van der Waals surface area (Å²) < 4.78 is 0.810. The van der Waals surface area contributed by atoms with Gasteiger partial charge in [0, 0.05) is 25.8 Å². The molecule has 3 nitrogen and oxygen atoms in total. The zero-order chi connectivity index (χ0) is 14.5. The number of anilines is 2. The van der Waals surface area contributed by atoms with Gasteiger partial charge in [-0.25, -0.2) is 4.79 Å². The van der Waals surface area contributed by atoms with Crippen LogP contribution >= 0.6 is 39.3 Å². The molecule has 0 spiro atoms. The van der Waals surface area contributed by atoms with Gasteiger partial charge in [-0.15, -0.1) is 11.8 Å². The maximum Gasteiger partial charge on any atom is 0.323 e. The van der Waals surface area contributed by atoms with E-state index in [1.54, 1.807) is 30.0 Å². The number of carbonyl (C=O) groups excluding carboxylic acids is 1. The number of hydrogen-bond donors (Lipinski definition) is 2. The van der Waals surface area contributed by atoms with Crippen LogP contribution in [0.2, 0.25) is 5.02 Å². The highest BCUT2D eigenvalue weighted by molar-refractivity contribution is 9.10. The molecule has 2 N–H and O–H groups in total. The predicted octanol–water partition coefficient (Wildman–Crippen LogP) is 5.47. The summed E-state index contributed by atoms with van der Waals surface area (Å²) in [6.07, 6.45) is 1.99. The van der Waals surface area contributed by atoms with E-state index in [-0.39, 0.29) is 6.03 Å². The lowest BCUT2D eigenvalue weighted by Crippen LogP contribution is -2.19. The van der Waals surface area contributed by atoms with Crippen molar-refractivity contribution in [2.24, 2.45) is 0 Å². The van der Waals surface area contributed by atoms with Crippen LogP contribution in [0.3, 0.4) is 0 Å². The van der Waals surface area contributed by atoms with Crippen LogP contribution in [0.4, 0.5) is 16.2 Å². The van der Waals surface area contributed by atoms with E-state index in [0.717, 1.165) is 15.1 Å². The van der Waals surface area contributed by atoms with Crippen LogP contribution in [-0.4, -0.2) is 12.3 Å². The van der Waals surface area contributed by atoms with Crippen molar-refractivity contribution in [2.45, 2.75) is 4.90 Å². The Kier molecular flexibility index (Phi) is 5.34. The average molecular weight is 372 g/mol. The number of halogens is 2. The maximum atomic E-state index is 11.9. The van der Waals surface area contributed by atoms with Gasteiger partial charge in [-0.3, -0.25) is 0 Å². The van der Waals surface area contributed by atoms with Crippen molar-refractivity contribution >= 4 is 56.7 Å². The summed E-state index contributed by atoms with van der Waals surface area (Å²) in [7, 11) is 0. The molecule has 0 saturated heterocycles. The zero-order valence-electron chi connectivity index (χ0n) is 10.6. The number of benzene rings is 2. The van der Waals surface area contributed by atoms with E-state index in [0.29, 0.717) is 10.7 Å². The molecule has 0 aliphatic heterocycles. The van der Waals surface area contributed by atoms with Gasteiger partial charge in [0.1, 0.15) is 0 Å². The molecule has 0 unspecified atom stereocenters. The van der Waals surface area contributed by atoms with Crippen molar-refractivity contribution in [3.8, 4) is 0 Å². The fourth-order valence-corrected chi connectivity index (χ4v) is 2.94. The number of nitrogens with one attached hydrogen (secondary N) is 2. The Bertz CT molecular complexity index is 616. The molecule has 0 bridgehead atoms. The van der Waals surface area contributed by atoms with E-state index in [4.69, 9.17) is 11.6 Å². The Labute approximate surface area is 135 Å². The highest BCUT2D eigenvalue weighted by Crippen LogP contribution is 2.23. The van der Waals surface area contributed by atoms with E-state index in [1.165, 1.54) is 0 Å². The van der Waals surface area contributed by atoms with Crippen molar-refractivity contribution in [3.63, 3.8) is 0 Å². The van der Waals surface area contributed by atoms with Gasteiger partial charge in [0.05, 0.1) is 0 Å². The quantitative estimate of drug-likeness (QED) is 0.703. The van der Waals surface area contributed by atoms with Crippen molar-refractivity contribution in [1.82, 2.24) is 0 Å². The second-order valence-corrected chi connectivity index (χ2v) is 6.20. The van der Waals surface area contributed by atoms with Gasteiger partial charge in [0.25, 0.3) is 0 Å². The number of carbonyl (C=O) groups is 1. The van der Waals surface area contributed by atoms with E-state index in [2.05, 4.69) is 26.6 Å². The van der Waals surface area contributed by atoms with Crippen LogP contribution in [0.5, 0.6) is 0 Å². The van der Waals surface area contributed by atoms with Crippen LogP contribution < -0.4 is 10.6 Å².